The summed E-state index contributed by atoms with van der Waals surface area (Å²) >= 11 is 0. The van der Waals surface area contributed by atoms with Crippen LogP contribution < -0.4 is 4.74 Å². The molecular weight excluding hydrogens is 316 g/mol. The minimum absolute atomic E-state index is 0.0193. The Morgan fingerprint density at radius 3 is 2.72 bits per heavy atom. The Kier molecular flexibility index (Phi) is 3.93. The van der Waals surface area contributed by atoms with Crippen LogP contribution >= 0.6 is 0 Å². The minimum Gasteiger partial charge on any atom is -0.497 e. The van der Waals surface area contributed by atoms with Gasteiger partial charge in [0.2, 0.25) is 0 Å². The minimum atomic E-state index is -0.807. The van der Waals surface area contributed by atoms with Crippen LogP contribution in [-0.2, 0) is 11.2 Å². The Bertz CT molecular complexity index is 914. The third-order valence-electron chi connectivity index (χ3n) is 4.90. The third-order valence-corrected chi connectivity index (χ3v) is 4.90. The predicted molar refractivity (Wildman–Crippen MR) is 96.0 cm³/mol. The van der Waals surface area contributed by atoms with Gasteiger partial charge in [-0.1, -0.05) is 30.3 Å². The lowest BCUT2D eigenvalue weighted by Crippen LogP contribution is -2.39. The number of H-pyrrole nitrogens is 1. The van der Waals surface area contributed by atoms with Gasteiger partial charge in [-0.3, -0.25) is 9.69 Å². The van der Waals surface area contributed by atoms with E-state index in [2.05, 4.69) is 17.1 Å². The van der Waals surface area contributed by atoms with Crippen molar-refractivity contribution in [2.45, 2.75) is 12.5 Å². The number of benzene rings is 2. The Balaban J connectivity index is 1.84. The van der Waals surface area contributed by atoms with Crippen LogP contribution in [-0.4, -0.2) is 41.2 Å². The summed E-state index contributed by atoms with van der Waals surface area (Å²) in [5, 5.41) is 10.6. The molecule has 0 spiro atoms. The summed E-state index contributed by atoms with van der Waals surface area (Å²) in [6.07, 6.45) is 0.847. The van der Waals surface area contributed by atoms with Crippen LogP contribution in [0.15, 0.2) is 48.5 Å². The molecule has 0 fully saturated rings. The second kappa shape index (κ2) is 6.26. The number of carboxylic acid groups (broad SMARTS) is 1. The number of aromatic nitrogens is 1. The van der Waals surface area contributed by atoms with Crippen molar-refractivity contribution in [3.05, 3.63) is 65.4 Å². The molecule has 0 bridgehead atoms. The summed E-state index contributed by atoms with van der Waals surface area (Å²) in [5.74, 6) is -0.0145. The Labute approximate surface area is 145 Å². The largest absolute Gasteiger partial charge is 0.497 e. The number of hydrogen-bond acceptors (Lipinski definition) is 3. The first-order chi connectivity index (χ1) is 12.2. The van der Waals surface area contributed by atoms with Crippen LogP contribution in [0, 0.1) is 0 Å². The molecule has 1 aliphatic heterocycles. The van der Waals surface area contributed by atoms with Crippen molar-refractivity contribution in [1.82, 2.24) is 9.88 Å². The first-order valence-electron chi connectivity index (χ1n) is 8.36. The quantitative estimate of drug-likeness (QED) is 0.768. The predicted octanol–water partition coefficient (Wildman–Crippen LogP) is 3.21. The molecule has 4 rings (SSSR count). The van der Waals surface area contributed by atoms with Crippen LogP contribution in [0.1, 0.15) is 22.9 Å². The van der Waals surface area contributed by atoms with E-state index in [-0.39, 0.29) is 12.6 Å². The number of carbonyl (C=O) groups is 1. The van der Waals surface area contributed by atoms with E-state index in [0.29, 0.717) is 0 Å². The van der Waals surface area contributed by atoms with E-state index >= 15 is 0 Å². The number of ether oxygens (including phenoxy) is 1. The molecule has 2 heterocycles. The number of nitrogens with one attached hydrogen (secondary N) is 1. The van der Waals surface area contributed by atoms with Gasteiger partial charge >= 0.3 is 5.97 Å². The average molecular weight is 336 g/mol. The van der Waals surface area contributed by atoms with Gasteiger partial charge in [-0.05, 0) is 35.7 Å². The maximum Gasteiger partial charge on any atom is 0.317 e. The molecule has 1 aromatic heterocycles. The molecule has 5 nitrogen and oxygen atoms in total. The number of nitrogens with zero attached hydrogens (tertiary/aromatic N) is 1. The molecule has 1 unspecified atom stereocenters. The second-order valence-electron chi connectivity index (χ2n) is 6.35. The highest BCUT2D eigenvalue weighted by molar-refractivity contribution is 5.85. The van der Waals surface area contributed by atoms with E-state index in [9.17, 15) is 9.90 Å². The summed E-state index contributed by atoms with van der Waals surface area (Å²) in [4.78, 5) is 16.9. The lowest BCUT2D eigenvalue weighted by atomic mass is 9.92. The molecule has 1 aliphatic rings. The van der Waals surface area contributed by atoms with Gasteiger partial charge in [-0.15, -0.1) is 0 Å². The van der Waals surface area contributed by atoms with E-state index in [1.165, 1.54) is 10.9 Å². The number of aliphatic carboxylic acids is 1. The standard InChI is InChI=1S/C20H20N2O3/c1-25-14-8-6-13(7-9-14)20-19-16(10-11-22(20)12-18(23)24)15-4-2-3-5-17(15)21-19/h2-9,20-21H,10-12H2,1H3,(H,23,24). The van der Waals surface area contributed by atoms with Crippen molar-refractivity contribution in [3.8, 4) is 5.75 Å². The highest BCUT2D eigenvalue weighted by Gasteiger charge is 2.32. The maximum atomic E-state index is 11.4. The smallest absolute Gasteiger partial charge is 0.317 e. The summed E-state index contributed by atoms with van der Waals surface area (Å²) in [6, 6.07) is 16.0. The van der Waals surface area contributed by atoms with Gasteiger partial charge in [0.15, 0.2) is 0 Å². The second-order valence-corrected chi connectivity index (χ2v) is 6.35. The number of methoxy groups -OCH3 is 1. The molecule has 0 radical (unpaired) electrons. The molecule has 25 heavy (non-hydrogen) atoms. The van der Waals surface area contributed by atoms with Gasteiger partial charge in [-0.25, -0.2) is 0 Å². The monoisotopic (exact) mass is 336 g/mol. The molecular formula is C20H20N2O3. The molecule has 0 saturated heterocycles. The summed E-state index contributed by atoms with van der Waals surface area (Å²) in [6.45, 7) is 0.739. The molecule has 5 heteroatoms. The molecule has 3 aromatic rings. The molecule has 2 aromatic carbocycles. The Hall–Kier alpha value is -2.79. The first-order valence-corrected chi connectivity index (χ1v) is 8.36. The number of aromatic amines is 1. The zero-order valence-electron chi connectivity index (χ0n) is 14.0. The fourth-order valence-corrected chi connectivity index (χ4v) is 3.80. The number of hydrogen-bond donors (Lipinski definition) is 2. The lowest BCUT2D eigenvalue weighted by Gasteiger charge is -2.35. The molecule has 0 aliphatic carbocycles. The van der Waals surface area contributed by atoms with E-state index in [4.69, 9.17) is 4.74 Å². The van der Waals surface area contributed by atoms with Crippen LogP contribution in [0.3, 0.4) is 0 Å². The van der Waals surface area contributed by atoms with Crippen LogP contribution in [0.2, 0.25) is 0 Å². The van der Waals surface area contributed by atoms with Crippen molar-refractivity contribution in [1.29, 1.82) is 0 Å². The number of fused-ring (bicyclic) bond motifs is 3. The van der Waals surface area contributed by atoms with Crippen LogP contribution in [0.4, 0.5) is 0 Å². The Morgan fingerprint density at radius 1 is 1.24 bits per heavy atom. The first kappa shape index (κ1) is 15.7. The highest BCUT2D eigenvalue weighted by atomic mass is 16.5. The van der Waals surface area contributed by atoms with Gasteiger partial charge in [0, 0.05) is 23.1 Å². The zero-order valence-corrected chi connectivity index (χ0v) is 14.0. The van der Waals surface area contributed by atoms with Gasteiger partial charge in [-0.2, -0.15) is 0 Å². The SMILES string of the molecule is COc1ccc(C2c3[nH]c4ccccc4c3CCN2CC(=O)O)cc1. The Morgan fingerprint density at radius 2 is 2.00 bits per heavy atom. The fraction of sp³-hybridized carbons (Fsp3) is 0.250. The molecule has 128 valence electrons. The number of rotatable bonds is 4. The van der Waals surface area contributed by atoms with Gasteiger partial charge in [0.1, 0.15) is 5.75 Å². The van der Waals surface area contributed by atoms with Gasteiger partial charge < -0.3 is 14.8 Å². The van der Waals surface area contributed by atoms with E-state index in [1.807, 2.05) is 41.3 Å². The molecule has 2 N–H and O–H groups in total. The summed E-state index contributed by atoms with van der Waals surface area (Å²) in [7, 11) is 1.64. The lowest BCUT2D eigenvalue weighted by molar-refractivity contribution is -0.138. The molecule has 0 amide bonds. The van der Waals surface area contributed by atoms with E-state index in [1.54, 1.807) is 7.11 Å². The normalized spacial score (nSPS) is 17.4. The molecule has 1 atom stereocenters. The van der Waals surface area contributed by atoms with Gasteiger partial charge in [0.05, 0.1) is 19.7 Å². The highest BCUT2D eigenvalue weighted by Crippen LogP contribution is 2.38. The zero-order chi connectivity index (χ0) is 17.4. The van der Waals surface area contributed by atoms with E-state index in [0.717, 1.165) is 35.5 Å². The number of carboxylic acids is 1. The molecule has 0 saturated carbocycles. The van der Waals surface area contributed by atoms with Gasteiger partial charge in [0.25, 0.3) is 0 Å². The maximum absolute atomic E-state index is 11.4. The van der Waals surface area contributed by atoms with Crippen molar-refractivity contribution < 1.29 is 14.6 Å². The van der Waals surface area contributed by atoms with Crippen molar-refractivity contribution in [2.75, 3.05) is 20.2 Å². The van der Waals surface area contributed by atoms with Crippen molar-refractivity contribution in [2.24, 2.45) is 0 Å². The number of para-hydroxylation sites is 1. The fourth-order valence-electron chi connectivity index (χ4n) is 3.80. The average Bonchev–Trinajstić information content (AvgIpc) is 3.00. The summed E-state index contributed by atoms with van der Waals surface area (Å²) in [5.41, 5.74) is 4.55. The van der Waals surface area contributed by atoms with Crippen molar-refractivity contribution >= 4 is 16.9 Å². The van der Waals surface area contributed by atoms with E-state index < -0.39 is 5.97 Å². The van der Waals surface area contributed by atoms with Crippen LogP contribution in [0.25, 0.3) is 10.9 Å². The summed E-state index contributed by atoms with van der Waals surface area (Å²) < 4.78 is 5.25. The van der Waals surface area contributed by atoms with Crippen molar-refractivity contribution in [3.63, 3.8) is 0 Å². The van der Waals surface area contributed by atoms with Crippen LogP contribution in [0.5, 0.6) is 5.75 Å². The topological polar surface area (TPSA) is 65.6 Å². The third kappa shape index (κ3) is 2.76.